The van der Waals surface area contributed by atoms with E-state index in [-0.39, 0.29) is 17.4 Å². The molecule has 0 bridgehead atoms. The number of hydrogen-bond donors (Lipinski definition) is 2. The third kappa shape index (κ3) is 3.38. The second-order valence-corrected chi connectivity index (χ2v) is 5.06. The van der Waals surface area contributed by atoms with E-state index < -0.39 is 0 Å². The third-order valence-corrected chi connectivity index (χ3v) is 3.62. The standard InChI is InChI=1S/C16H19N3O2/c1-11-4-3-5-15(20)19(11)10-13-6-8-14(9-7-13)12(2)16(21)18-17/h3-9,12H,10,17H2,1-2H3,(H,18,21). The van der Waals surface area contributed by atoms with E-state index in [9.17, 15) is 9.59 Å². The van der Waals surface area contributed by atoms with Gasteiger partial charge >= 0.3 is 0 Å². The van der Waals surface area contributed by atoms with Crippen molar-refractivity contribution < 1.29 is 4.79 Å². The van der Waals surface area contributed by atoms with Gasteiger partial charge in [0.1, 0.15) is 0 Å². The minimum absolute atomic E-state index is 0.0186. The molecular formula is C16H19N3O2. The molecule has 0 saturated heterocycles. The van der Waals surface area contributed by atoms with Gasteiger partial charge in [-0.15, -0.1) is 0 Å². The number of aromatic nitrogens is 1. The Balaban J connectivity index is 2.20. The Morgan fingerprint density at radius 1 is 1.24 bits per heavy atom. The normalized spacial score (nSPS) is 12.0. The van der Waals surface area contributed by atoms with Crippen LogP contribution in [-0.4, -0.2) is 10.5 Å². The summed E-state index contributed by atoms with van der Waals surface area (Å²) < 4.78 is 1.71. The van der Waals surface area contributed by atoms with Gasteiger partial charge < -0.3 is 4.57 Å². The summed E-state index contributed by atoms with van der Waals surface area (Å²) in [4.78, 5) is 23.3. The summed E-state index contributed by atoms with van der Waals surface area (Å²) in [5, 5.41) is 0. The molecule has 0 aliphatic heterocycles. The van der Waals surface area contributed by atoms with E-state index in [1.165, 1.54) is 0 Å². The van der Waals surface area contributed by atoms with E-state index in [0.717, 1.165) is 16.8 Å². The van der Waals surface area contributed by atoms with E-state index in [2.05, 4.69) is 5.43 Å². The zero-order valence-electron chi connectivity index (χ0n) is 12.2. The second-order valence-electron chi connectivity index (χ2n) is 5.06. The summed E-state index contributed by atoms with van der Waals surface area (Å²) in [6.07, 6.45) is 0. The highest BCUT2D eigenvalue weighted by atomic mass is 16.2. The Labute approximate surface area is 123 Å². The molecule has 1 amide bonds. The molecule has 0 radical (unpaired) electrons. The molecule has 0 spiro atoms. The van der Waals surface area contributed by atoms with Crippen molar-refractivity contribution >= 4 is 5.91 Å². The van der Waals surface area contributed by atoms with Crippen molar-refractivity contribution in [1.82, 2.24) is 9.99 Å². The Kier molecular flexibility index (Phi) is 4.55. The first kappa shape index (κ1) is 15.0. The molecule has 1 unspecified atom stereocenters. The van der Waals surface area contributed by atoms with Crippen LogP contribution in [0.5, 0.6) is 0 Å². The predicted octanol–water partition coefficient (Wildman–Crippen LogP) is 1.30. The van der Waals surface area contributed by atoms with E-state index in [4.69, 9.17) is 5.84 Å². The molecular weight excluding hydrogens is 266 g/mol. The average molecular weight is 285 g/mol. The summed E-state index contributed by atoms with van der Waals surface area (Å²) in [7, 11) is 0. The van der Waals surface area contributed by atoms with Crippen LogP contribution in [0.3, 0.4) is 0 Å². The topological polar surface area (TPSA) is 77.1 Å². The number of nitrogens with one attached hydrogen (secondary N) is 1. The molecule has 0 fully saturated rings. The summed E-state index contributed by atoms with van der Waals surface area (Å²) in [6.45, 7) is 4.22. The van der Waals surface area contributed by atoms with Gasteiger partial charge in [-0.2, -0.15) is 0 Å². The molecule has 5 nitrogen and oxygen atoms in total. The van der Waals surface area contributed by atoms with Crippen LogP contribution in [0.25, 0.3) is 0 Å². The predicted molar refractivity (Wildman–Crippen MR) is 81.7 cm³/mol. The van der Waals surface area contributed by atoms with Crippen molar-refractivity contribution in [3.63, 3.8) is 0 Å². The first-order chi connectivity index (χ1) is 10.0. The van der Waals surface area contributed by atoms with Crippen molar-refractivity contribution in [3.05, 3.63) is 69.6 Å². The largest absolute Gasteiger partial charge is 0.309 e. The number of pyridine rings is 1. The number of aryl methyl sites for hydroxylation is 1. The van der Waals surface area contributed by atoms with Crippen LogP contribution in [-0.2, 0) is 11.3 Å². The number of nitrogens with zero attached hydrogens (tertiary/aromatic N) is 1. The van der Waals surface area contributed by atoms with Gasteiger partial charge in [0.2, 0.25) is 5.91 Å². The Morgan fingerprint density at radius 2 is 1.90 bits per heavy atom. The van der Waals surface area contributed by atoms with E-state index >= 15 is 0 Å². The lowest BCUT2D eigenvalue weighted by molar-refractivity contribution is -0.122. The number of hydrazine groups is 1. The number of benzene rings is 1. The summed E-state index contributed by atoms with van der Waals surface area (Å²) in [5.41, 5.74) is 4.95. The SMILES string of the molecule is Cc1cccc(=O)n1Cc1ccc(C(C)C(=O)NN)cc1. The summed E-state index contributed by atoms with van der Waals surface area (Å²) in [5.74, 6) is 4.61. The molecule has 2 aromatic rings. The molecule has 0 saturated carbocycles. The maximum absolute atomic E-state index is 11.8. The van der Waals surface area contributed by atoms with Crippen molar-refractivity contribution in [3.8, 4) is 0 Å². The number of carbonyl (C=O) groups excluding carboxylic acids is 1. The monoisotopic (exact) mass is 285 g/mol. The van der Waals surface area contributed by atoms with Crippen LogP contribution in [0.1, 0.15) is 29.7 Å². The lowest BCUT2D eigenvalue weighted by Crippen LogP contribution is -2.33. The van der Waals surface area contributed by atoms with Gasteiger partial charge in [-0.1, -0.05) is 30.3 Å². The molecule has 1 aromatic carbocycles. The molecule has 1 aromatic heterocycles. The van der Waals surface area contributed by atoms with Gasteiger partial charge in [-0.05, 0) is 31.0 Å². The van der Waals surface area contributed by atoms with Crippen LogP contribution >= 0.6 is 0 Å². The maximum Gasteiger partial charge on any atom is 0.251 e. The molecule has 5 heteroatoms. The van der Waals surface area contributed by atoms with Gasteiger partial charge in [0.15, 0.2) is 0 Å². The highest BCUT2D eigenvalue weighted by Gasteiger charge is 2.13. The average Bonchev–Trinajstić information content (AvgIpc) is 2.50. The highest BCUT2D eigenvalue weighted by molar-refractivity contribution is 5.82. The van der Waals surface area contributed by atoms with Crippen molar-refractivity contribution in [2.45, 2.75) is 26.3 Å². The molecule has 110 valence electrons. The molecule has 0 aliphatic rings. The maximum atomic E-state index is 11.8. The Bertz CT molecular complexity index is 689. The zero-order valence-corrected chi connectivity index (χ0v) is 12.2. The number of nitrogens with two attached hydrogens (primary N) is 1. The highest BCUT2D eigenvalue weighted by Crippen LogP contribution is 2.16. The third-order valence-electron chi connectivity index (χ3n) is 3.62. The lowest BCUT2D eigenvalue weighted by Gasteiger charge is -2.12. The summed E-state index contributed by atoms with van der Waals surface area (Å²) in [6, 6.07) is 12.8. The number of rotatable bonds is 4. The van der Waals surface area contributed by atoms with Crippen LogP contribution in [0.2, 0.25) is 0 Å². The lowest BCUT2D eigenvalue weighted by atomic mass is 9.99. The van der Waals surface area contributed by atoms with Crippen LogP contribution in [0.4, 0.5) is 0 Å². The molecule has 3 N–H and O–H groups in total. The van der Waals surface area contributed by atoms with Crippen LogP contribution in [0.15, 0.2) is 47.3 Å². The molecule has 21 heavy (non-hydrogen) atoms. The van der Waals surface area contributed by atoms with E-state index in [1.807, 2.05) is 37.3 Å². The van der Waals surface area contributed by atoms with Gasteiger partial charge in [0.25, 0.3) is 5.56 Å². The molecule has 0 aliphatic carbocycles. The van der Waals surface area contributed by atoms with E-state index in [1.54, 1.807) is 23.6 Å². The van der Waals surface area contributed by atoms with Gasteiger partial charge in [0.05, 0.1) is 12.5 Å². The van der Waals surface area contributed by atoms with Crippen molar-refractivity contribution in [2.24, 2.45) is 5.84 Å². The first-order valence-corrected chi connectivity index (χ1v) is 6.78. The number of carbonyl (C=O) groups is 1. The Hall–Kier alpha value is -2.40. The van der Waals surface area contributed by atoms with Crippen molar-refractivity contribution in [1.29, 1.82) is 0 Å². The van der Waals surface area contributed by atoms with Crippen LogP contribution in [0, 0.1) is 6.92 Å². The minimum Gasteiger partial charge on any atom is -0.309 e. The Morgan fingerprint density at radius 3 is 2.48 bits per heavy atom. The summed E-state index contributed by atoms with van der Waals surface area (Å²) >= 11 is 0. The van der Waals surface area contributed by atoms with Gasteiger partial charge in [-0.3, -0.25) is 15.0 Å². The fourth-order valence-corrected chi connectivity index (χ4v) is 2.20. The van der Waals surface area contributed by atoms with Crippen molar-refractivity contribution in [2.75, 3.05) is 0 Å². The molecule has 2 rings (SSSR count). The second kappa shape index (κ2) is 6.37. The number of amides is 1. The number of hydrogen-bond acceptors (Lipinski definition) is 3. The minimum atomic E-state index is -0.301. The first-order valence-electron chi connectivity index (χ1n) is 6.78. The van der Waals surface area contributed by atoms with Gasteiger partial charge in [0, 0.05) is 11.8 Å². The zero-order chi connectivity index (χ0) is 15.4. The van der Waals surface area contributed by atoms with Gasteiger partial charge in [-0.25, -0.2) is 5.84 Å². The quantitative estimate of drug-likeness (QED) is 0.505. The molecule has 1 atom stereocenters. The van der Waals surface area contributed by atoms with E-state index in [0.29, 0.717) is 6.54 Å². The van der Waals surface area contributed by atoms with Crippen LogP contribution < -0.4 is 16.8 Å². The fraction of sp³-hybridized carbons (Fsp3) is 0.250. The smallest absolute Gasteiger partial charge is 0.251 e. The molecule has 1 heterocycles. The fourth-order valence-electron chi connectivity index (χ4n) is 2.20.